The van der Waals surface area contributed by atoms with Crippen LogP contribution in [0.15, 0.2) is 53.0 Å². The van der Waals surface area contributed by atoms with Crippen molar-refractivity contribution in [3.63, 3.8) is 0 Å². The Morgan fingerprint density at radius 2 is 1.80 bits per heavy atom. The van der Waals surface area contributed by atoms with E-state index in [0.29, 0.717) is 30.7 Å². The SMILES string of the molecule is CCCCCOC(=O)O[C@]1(C(=O)COS(=O)(=O)c2ccc(Cl)cc2)CC[C@H]2[C@@H]3CCC4=CC(=O)C=C[C@]4(C)[C@@]3(Cl)C(O)C[C@@]21C. The zero-order chi connectivity index (χ0) is 32.8. The van der Waals surface area contributed by atoms with Crippen molar-refractivity contribution in [1.82, 2.24) is 0 Å². The van der Waals surface area contributed by atoms with E-state index in [0.717, 1.165) is 18.4 Å². The summed E-state index contributed by atoms with van der Waals surface area (Å²) < 4.78 is 42.5. The predicted octanol–water partition coefficient (Wildman–Crippen LogP) is 6.34. The number of rotatable bonds is 10. The van der Waals surface area contributed by atoms with Gasteiger partial charge in [0.1, 0.15) is 6.61 Å². The summed E-state index contributed by atoms with van der Waals surface area (Å²) in [6.07, 6.45) is 6.66. The average molecular weight is 684 g/mol. The van der Waals surface area contributed by atoms with Crippen LogP contribution in [0.5, 0.6) is 0 Å². The molecule has 1 aromatic carbocycles. The molecule has 5 rings (SSSR count). The fourth-order valence-corrected chi connectivity index (χ4v) is 9.99. The van der Waals surface area contributed by atoms with Gasteiger partial charge in [0.25, 0.3) is 10.1 Å². The van der Waals surface area contributed by atoms with Crippen molar-refractivity contribution >= 4 is 51.0 Å². The maximum Gasteiger partial charge on any atom is 0.509 e. The number of hydrogen-bond acceptors (Lipinski definition) is 9. The van der Waals surface area contributed by atoms with E-state index >= 15 is 0 Å². The Kier molecular flexibility index (Phi) is 9.41. The summed E-state index contributed by atoms with van der Waals surface area (Å²) in [4.78, 5) is 38.2. The first kappa shape index (κ1) is 34.1. The van der Waals surface area contributed by atoms with Crippen LogP contribution in [0.25, 0.3) is 0 Å². The second-order valence-corrected chi connectivity index (χ2v) is 15.8. The third kappa shape index (κ3) is 5.58. The van der Waals surface area contributed by atoms with Crippen LogP contribution in [0.1, 0.15) is 72.1 Å². The van der Waals surface area contributed by atoms with Gasteiger partial charge in [0.15, 0.2) is 11.4 Å². The molecule has 45 heavy (non-hydrogen) atoms. The molecular weight excluding hydrogens is 643 g/mol. The lowest BCUT2D eigenvalue weighted by Gasteiger charge is -2.64. The maximum absolute atomic E-state index is 14.2. The highest BCUT2D eigenvalue weighted by atomic mass is 35.5. The van der Waals surface area contributed by atoms with Crippen LogP contribution in [0.4, 0.5) is 4.79 Å². The van der Waals surface area contributed by atoms with Crippen LogP contribution in [-0.4, -0.2) is 61.0 Å². The van der Waals surface area contributed by atoms with E-state index in [-0.39, 0.29) is 42.0 Å². The number of hydrogen-bond donors (Lipinski definition) is 1. The van der Waals surface area contributed by atoms with E-state index in [2.05, 4.69) is 0 Å². The molecule has 1 N–H and O–H groups in total. The minimum absolute atomic E-state index is 0.0128. The molecule has 3 fully saturated rings. The summed E-state index contributed by atoms with van der Waals surface area (Å²) >= 11 is 13.4. The number of ether oxygens (including phenoxy) is 2. The van der Waals surface area contributed by atoms with Gasteiger partial charge in [-0.2, -0.15) is 8.42 Å². The Hall–Kier alpha value is -2.24. The first-order valence-corrected chi connectivity index (χ1v) is 17.7. The van der Waals surface area contributed by atoms with Crippen molar-refractivity contribution in [3.05, 3.63) is 53.1 Å². The largest absolute Gasteiger partial charge is 0.509 e. The molecule has 0 aliphatic heterocycles. The molecule has 246 valence electrons. The molecule has 0 radical (unpaired) electrons. The van der Waals surface area contributed by atoms with E-state index < -0.39 is 56.1 Å². The molecule has 9 nitrogen and oxygen atoms in total. The number of Topliss-reactive ketones (excluding diaryl/α,β-unsaturated/α-hetero) is 1. The first-order chi connectivity index (χ1) is 21.1. The lowest BCUT2D eigenvalue weighted by atomic mass is 9.45. The lowest BCUT2D eigenvalue weighted by Crippen LogP contribution is -2.69. The second kappa shape index (κ2) is 12.4. The number of carbonyl (C=O) groups excluding carboxylic acids is 3. The molecule has 1 unspecified atom stereocenters. The Morgan fingerprint density at radius 1 is 1.09 bits per heavy atom. The number of ketones is 2. The molecule has 0 spiro atoms. The van der Waals surface area contributed by atoms with Gasteiger partial charge in [0.2, 0.25) is 5.78 Å². The van der Waals surface area contributed by atoms with Gasteiger partial charge < -0.3 is 14.6 Å². The highest BCUT2D eigenvalue weighted by molar-refractivity contribution is 7.86. The molecule has 0 bridgehead atoms. The molecule has 4 aliphatic carbocycles. The molecule has 0 saturated heterocycles. The molecule has 7 atom stereocenters. The van der Waals surface area contributed by atoms with Crippen molar-refractivity contribution in [2.75, 3.05) is 13.2 Å². The van der Waals surface area contributed by atoms with Crippen molar-refractivity contribution in [2.45, 2.75) is 93.6 Å². The summed E-state index contributed by atoms with van der Waals surface area (Å²) in [5.41, 5.74) is -2.93. The van der Waals surface area contributed by atoms with E-state index in [1.807, 2.05) is 13.8 Å². The third-order valence-corrected chi connectivity index (χ3v) is 13.3. The minimum atomic E-state index is -4.36. The van der Waals surface area contributed by atoms with Crippen molar-refractivity contribution in [2.24, 2.45) is 22.7 Å². The van der Waals surface area contributed by atoms with Gasteiger partial charge in [0, 0.05) is 15.9 Å². The number of aliphatic hydroxyl groups is 1. The molecular formula is C33H40Cl2O9S. The van der Waals surface area contributed by atoms with Gasteiger partial charge in [-0.15, -0.1) is 11.6 Å². The number of allylic oxidation sites excluding steroid dienone is 4. The normalized spacial score (nSPS) is 35.6. The monoisotopic (exact) mass is 682 g/mol. The predicted molar refractivity (Wildman–Crippen MR) is 167 cm³/mol. The highest BCUT2D eigenvalue weighted by Gasteiger charge is 2.74. The van der Waals surface area contributed by atoms with Crippen molar-refractivity contribution < 1.29 is 41.6 Å². The summed E-state index contributed by atoms with van der Waals surface area (Å²) in [5, 5.41) is 12.3. The van der Waals surface area contributed by atoms with E-state index in [4.69, 9.17) is 36.9 Å². The lowest BCUT2D eigenvalue weighted by molar-refractivity contribution is -0.178. The summed E-state index contributed by atoms with van der Waals surface area (Å²) in [7, 11) is -4.36. The topological polar surface area (TPSA) is 133 Å². The quantitative estimate of drug-likeness (QED) is 0.130. The first-order valence-electron chi connectivity index (χ1n) is 15.5. The number of alkyl halides is 1. The molecule has 4 aliphatic rings. The standard InChI is InChI=1S/C33H40Cl2O9S/c1-4-5-6-17-42-29(39)44-32(28(38)20-43-45(40,41)24-10-8-22(34)9-11-24)16-14-25-26-12-7-21-18-23(36)13-15-30(21,2)33(26,35)27(37)19-31(25,32)3/h8-11,13,15,18,25-27,37H,4-7,12,14,16-17,19-20H2,1-3H3/t25-,26-,27?,30-,31-,32-,33-/m0/s1. The number of unbranched alkanes of at least 4 members (excludes halogenated alkanes) is 2. The maximum atomic E-state index is 14.2. The summed E-state index contributed by atoms with van der Waals surface area (Å²) in [6.45, 7) is 4.96. The Bertz CT molecular complexity index is 1520. The highest BCUT2D eigenvalue weighted by Crippen LogP contribution is 2.71. The minimum Gasteiger partial charge on any atom is -0.434 e. The third-order valence-electron chi connectivity index (χ3n) is 10.9. The zero-order valence-corrected chi connectivity index (χ0v) is 28.1. The Balaban J connectivity index is 1.48. The van der Waals surface area contributed by atoms with E-state index in [1.54, 1.807) is 19.1 Å². The van der Waals surface area contributed by atoms with Gasteiger partial charge in [-0.3, -0.25) is 13.8 Å². The van der Waals surface area contributed by atoms with Crippen LogP contribution in [0, 0.1) is 22.7 Å². The van der Waals surface area contributed by atoms with E-state index in [1.165, 1.54) is 30.3 Å². The van der Waals surface area contributed by atoms with Crippen LogP contribution < -0.4 is 0 Å². The molecule has 0 heterocycles. The number of fused-ring (bicyclic) bond motifs is 5. The fourth-order valence-electron chi connectivity index (χ4n) is 8.48. The molecule has 1 aromatic rings. The zero-order valence-electron chi connectivity index (χ0n) is 25.7. The van der Waals surface area contributed by atoms with Crippen molar-refractivity contribution in [1.29, 1.82) is 0 Å². The molecule has 0 amide bonds. The molecule has 3 saturated carbocycles. The Labute approximate surface area is 274 Å². The fraction of sp³-hybridized carbons (Fsp3) is 0.606. The van der Waals surface area contributed by atoms with Gasteiger partial charge in [-0.25, -0.2) is 4.79 Å². The van der Waals surface area contributed by atoms with Crippen LogP contribution >= 0.6 is 23.2 Å². The van der Waals surface area contributed by atoms with Gasteiger partial charge in [-0.1, -0.05) is 56.9 Å². The van der Waals surface area contributed by atoms with Gasteiger partial charge >= 0.3 is 6.16 Å². The van der Waals surface area contributed by atoms with Crippen molar-refractivity contribution in [3.8, 4) is 0 Å². The Morgan fingerprint density at radius 3 is 2.49 bits per heavy atom. The van der Waals surface area contributed by atoms with E-state index in [9.17, 15) is 27.9 Å². The van der Waals surface area contributed by atoms with Crippen LogP contribution in [-0.2, 0) is 33.4 Å². The number of carbonyl (C=O) groups is 3. The number of benzene rings is 1. The average Bonchev–Trinajstić information content (AvgIpc) is 3.27. The summed E-state index contributed by atoms with van der Waals surface area (Å²) in [6, 6.07) is 5.33. The van der Waals surface area contributed by atoms with Gasteiger partial charge in [-0.05, 0) is 86.8 Å². The summed E-state index contributed by atoms with van der Waals surface area (Å²) in [5.74, 6) is -1.46. The second-order valence-electron chi connectivity index (χ2n) is 13.1. The molecule has 0 aromatic heterocycles. The molecule has 12 heteroatoms. The number of halogens is 2. The van der Waals surface area contributed by atoms with Crippen LogP contribution in [0.2, 0.25) is 5.02 Å². The van der Waals surface area contributed by atoms with Gasteiger partial charge in [0.05, 0.1) is 22.5 Å². The van der Waals surface area contributed by atoms with Crippen LogP contribution in [0.3, 0.4) is 0 Å². The smallest absolute Gasteiger partial charge is 0.434 e. The number of aliphatic hydroxyl groups excluding tert-OH is 1.